The van der Waals surface area contributed by atoms with Crippen LogP contribution in [0.4, 0.5) is 5.69 Å². The first kappa shape index (κ1) is 19.9. The van der Waals surface area contributed by atoms with E-state index in [1.54, 1.807) is 6.07 Å². The van der Waals surface area contributed by atoms with E-state index in [0.717, 1.165) is 5.56 Å². The summed E-state index contributed by atoms with van der Waals surface area (Å²) in [5.74, 6) is -0.914. The largest absolute Gasteiger partial charge is 0.466 e. The summed E-state index contributed by atoms with van der Waals surface area (Å²) in [4.78, 5) is 27.9. The van der Waals surface area contributed by atoms with Crippen molar-refractivity contribution in [3.63, 3.8) is 0 Å². The fourth-order valence-electron chi connectivity index (χ4n) is 2.80. The molecule has 1 aliphatic rings. The molecule has 0 spiro atoms. The van der Waals surface area contributed by atoms with Crippen LogP contribution >= 0.6 is 0 Å². The number of hydrogen-bond donors (Lipinski definition) is 3. The van der Waals surface area contributed by atoms with Crippen molar-refractivity contribution < 1.29 is 24.5 Å². The Labute approximate surface area is 152 Å². The fourth-order valence-corrected chi connectivity index (χ4v) is 2.80. The van der Waals surface area contributed by atoms with E-state index in [1.165, 1.54) is 12.0 Å². The molecule has 8 nitrogen and oxygen atoms in total. The second-order valence-electron chi connectivity index (χ2n) is 6.08. The van der Waals surface area contributed by atoms with Crippen LogP contribution in [0.2, 0.25) is 0 Å². The van der Waals surface area contributed by atoms with E-state index in [9.17, 15) is 9.59 Å². The summed E-state index contributed by atoms with van der Waals surface area (Å²) in [6.07, 6.45) is 0. The van der Waals surface area contributed by atoms with Crippen LogP contribution < -0.4 is 5.32 Å². The third-order valence-electron chi connectivity index (χ3n) is 4.08. The minimum Gasteiger partial charge on any atom is -0.466 e. The molecule has 3 N–H and O–H groups in total. The van der Waals surface area contributed by atoms with Crippen LogP contribution in [0.1, 0.15) is 5.56 Å². The number of rotatable bonds is 9. The van der Waals surface area contributed by atoms with E-state index in [2.05, 4.69) is 5.32 Å². The third kappa shape index (κ3) is 4.81. The van der Waals surface area contributed by atoms with Crippen molar-refractivity contribution in [1.29, 1.82) is 0 Å². The summed E-state index contributed by atoms with van der Waals surface area (Å²) in [6, 6.07) is 7.49. The molecule has 26 heavy (non-hydrogen) atoms. The molecule has 0 unspecified atom stereocenters. The van der Waals surface area contributed by atoms with Crippen molar-refractivity contribution in [3.8, 4) is 0 Å². The van der Waals surface area contributed by atoms with Gasteiger partial charge in [0.05, 0.1) is 32.4 Å². The highest BCUT2D eigenvalue weighted by Crippen LogP contribution is 2.23. The number of hydrogen-bond acceptors (Lipinski definition) is 7. The zero-order chi connectivity index (χ0) is 19.1. The molecule has 0 bridgehead atoms. The maximum absolute atomic E-state index is 12.5. The minimum absolute atomic E-state index is 0.0824. The number of nitrogens with zero attached hydrogens (tertiary/aromatic N) is 2. The van der Waals surface area contributed by atoms with E-state index in [1.807, 2.05) is 30.1 Å². The predicted octanol–water partition coefficient (Wildman–Crippen LogP) is -0.216. The van der Waals surface area contributed by atoms with Crippen LogP contribution in [-0.2, 0) is 20.9 Å². The van der Waals surface area contributed by atoms with Gasteiger partial charge in [0.25, 0.3) is 5.91 Å². The van der Waals surface area contributed by atoms with Gasteiger partial charge in [-0.3, -0.25) is 9.69 Å². The number of nitrogens with one attached hydrogen (secondary N) is 1. The molecule has 2 rings (SSSR count). The lowest BCUT2D eigenvalue weighted by Gasteiger charge is -2.17. The van der Waals surface area contributed by atoms with Crippen LogP contribution in [0, 0.1) is 0 Å². The normalized spacial score (nSPS) is 14.3. The Morgan fingerprint density at radius 3 is 2.77 bits per heavy atom. The highest BCUT2D eigenvalue weighted by Gasteiger charge is 2.34. The number of aliphatic hydroxyl groups is 2. The summed E-state index contributed by atoms with van der Waals surface area (Å²) >= 11 is 0. The van der Waals surface area contributed by atoms with Gasteiger partial charge in [-0.15, -0.1) is 0 Å². The molecule has 142 valence electrons. The highest BCUT2D eigenvalue weighted by molar-refractivity contribution is 6.08. The zero-order valence-electron chi connectivity index (χ0n) is 15.1. The van der Waals surface area contributed by atoms with Crippen LogP contribution in [0.5, 0.6) is 0 Å². The van der Waals surface area contributed by atoms with Gasteiger partial charge in [0.15, 0.2) is 0 Å². The topological polar surface area (TPSA) is 102 Å². The van der Waals surface area contributed by atoms with Gasteiger partial charge in [-0.1, -0.05) is 12.1 Å². The molecule has 0 aromatic heterocycles. The molecule has 0 atom stereocenters. The van der Waals surface area contributed by atoms with E-state index in [0.29, 0.717) is 18.8 Å². The van der Waals surface area contributed by atoms with E-state index >= 15 is 0 Å². The number of amides is 1. The number of likely N-dealkylation sites (N-methyl/N-ethyl adjacent to an activating group) is 1. The Morgan fingerprint density at radius 1 is 1.35 bits per heavy atom. The number of methoxy groups -OCH3 is 1. The van der Waals surface area contributed by atoms with Crippen molar-refractivity contribution in [2.45, 2.75) is 6.54 Å². The maximum Gasteiger partial charge on any atom is 0.337 e. The first-order valence-electron chi connectivity index (χ1n) is 8.37. The summed E-state index contributed by atoms with van der Waals surface area (Å²) < 4.78 is 4.77. The third-order valence-corrected chi connectivity index (χ3v) is 4.08. The number of benzene rings is 1. The molecule has 0 saturated carbocycles. The van der Waals surface area contributed by atoms with Crippen molar-refractivity contribution in [2.24, 2.45) is 0 Å². The Bertz CT molecular complexity index is 689. The predicted molar refractivity (Wildman–Crippen MR) is 96.2 cm³/mol. The number of carbonyl (C=O) groups excluding carboxylic acids is 2. The Morgan fingerprint density at radius 2 is 2.12 bits per heavy atom. The summed E-state index contributed by atoms with van der Waals surface area (Å²) in [5.41, 5.74) is 2.10. The molecule has 1 aliphatic heterocycles. The summed E-state index contributed by atoms with van der Waals surface area (Å²) in [5, 5.41) is 21.1. The van der Waals surface area contributed by atoms with Crippen molar-refractivity contribution in [3.05, 3.63) is 41.1 Å². The van der Waals surface area contributed by atoms with Crippen molar-refractivity contribution >= 4 is 17.6 Å². The minimum atomic E-state index is -0.569. The average molecular weight is 363 g/mol. The molecule has 0 aliphatic carbocycles. The van der Waals surface area contributed by atoms with Gasteiger partial charge in [0.1, 0.15) is 5.70 Å². The van der Waals surface area contributed by atoms with Gasteiger partial charge >= 0.3 is 5.97 Å². The number of ether oxygens (including phenoxy) is 1. The summed E-state index contributed by atoms with van der Waals surface area (Å²) in [6.45, 7) is 1.36. The number of carbonyl (C=O) groups is 2. The molecule has 1 heterocycles. The molecule has 1 aromatic rings. The second kappa shape index (κ2) is 9.33. The van der Waals surface area contributed by atoms with Crippen LogP contribution in [-0.4, -0.2) is 78.9 Å². The number of β-amino-alcohol motifs (C(OH)–C–C–N with tert-alkyl or cyclic N) is 1. The Hall–Kier alpha value is -2.42. The number of aliphatic hydroxyl groups excluding tert-OH is 2. The Balaban J connectivity index is 2.21. The van der Waals surface area contributed by atoms with Crippen molar-refractivity contribution in [1.82, 2.24) is 9.80 Å². The monoisotopic (exact) mass is 363 g/mol. The number of esters is 1. The van der Waals surface area contributed by atoms with Gasteiger partial charge in [-0.05, 0) is 24.7 Å². The highest BCUT2D eigenvalue weighted by atomic mass is 16.5. The van der Waals surface area contributed by atoms with E-state index in [-0.39, 0.29) is 43.5 Å². The molecule has 0 saturated heterocycles. The Kier molecular flexibility index (Phi) is 7.14. The lowest BCUT2D eigenvalue weighted by molar-refractivity contribution is -0.136. The second-order valence-corrected chi connectivity index (χ2v) is 6.08. The lowest BCUT2D eigenvalue weighted by Crippen LogP contribution is -2.31. The van der Waals surface area contributed by atoms with E-state index < -0.39 is 5.97 Å². The average Bonchev–Trinajstić information content (AvgIpc) is 2.91. The molecular weight excluding hydrogens is 338 g/mol. The molecule has 8 heteroatoms. The van der Waals surface area contributed by atoms with Crippen molar-refractivity contribution in [2.75, 3.05) is 52.3 Å². The lowest BCUT2D eigenvalue weighted by atomic mass is 10.1. The van der Waals surface area contributed by atoms with Gasteiger partial charge in [-0.2, -0.15) is 0 Å². The molecule has 1 amide bonds. The quantitative estimate of drug-likeness (QED) is 0.522. The molecule has 1 aromatic carbocycles. The van der Waals surface area contributed by atoms with Crippen LogP contribution in [0.25, 0.3) is 0 Å². The standard InChI is InChI=1S/C18H25N3O5/c1-20(6-8-22)11-13-4-3-5-14(10-13)19-16-15(18(25)26-2)12-21(7-9-23)17(16)24/h3-5,10,19,22-23H,6-9,11-12H2,1-2H3. The van der Waals surface area contributed by atoms with Gasteiger partial charge in [0, 0.05) is 25.3 Å². The van der Waals surface area contributed by atoms with E-state index in [4.69, 9.17) is 14.9 Å². The SMILES string of the molecule is COC(=O)C1=C(Nc2cccc(CN(C)CCO)c2)C(=O)N(CCO)C1. The smallest absolute Gasteiger partial charge is 0.337 e. The van der Waals surface area contributed by atoms with Crippen LogP contribution in [0.15, 0.2) is 35.5 Å². The molecule has 0 fully saturated rings. The van der Waals surface area contributed by atoms with Gasteiger partial charge in [0.2, 0.25) is 0 Å². The molecule has 0 radical (unpaired) electrons. The van der Waals surface area contributed by atoms with Crippen LogP contribution in [0.3, 0.4) is 0 Å². The zero-order valence-corrected chi connectivity index (χ0v) is 15.1. The number of anilines is 1. The van der Waals surface area contributed by atoms with Gasteiger partial charge < -0.3 is 25.2 Å². The molecular formula is C18H25N3O5. The first-order chi connectivity index (χ1) is 12.5. The summed E-state index contributed by atoms with van der Waals surface area (Å²) in [7, 11) is 3.17. The van der Waals surface area contributed by atoms with Gasteiger partial charge in [-0.25, -0.2) is 4.79 Å². The fraction of sp³-hybridized carbons (Fsp3) is 0.444. The first-order valence-corrected chi connectivity index (χ1v) is 8.37. The maximum atomic E-state index is 12.5.